The molecule has 0 bridgehead atoms. The lowest BCUT2D eigenvalue weighted by molar-refractivity contribution is -0.124. The number of hydrogen-bond acceptors (Lipinski definition) is 3. The van der Waals surface area contributed by atoms with Gasteiger partial charge in [-0.15, -0.1) is 0 Å². The lowest BCUT2D eigenvalue weighted by Gasteiger charge is -2.15. The van der Waals surface area contributed by atoms with Gasteiger partial charge in [0.15, 0.2) is 0 Å². The van der Waals surface area contributed by atoms with Crippen LogP contribution in [0, 0.1) is 13.8 Å². The molecule has 1 fully saturated rings. The summed E-state index contributed by atoms with van der Waals surface area (Å²) in [5, 5.41) is 2.96. The smallest absolute Gasteiger partial charge is 0.253 e. The van der Waals surface area contributed by atoms with E-state index in [1.165, 1.54) is 0 Å². The van der Waals surface area contributed by atoms with Crippen LogP contribution in [0.15, 0.2) is 42.5 Å². The lowest BCUT2D eigenvalue weighted by atomic mass is 10.1. The number of fused-ring (bicyclic) bond motifs is 3. The third kappa shape index (κ3) is 2.76. The standard InChI is InChI=1S/C22H22N4O2/c1-13-9-14(2)11-15(10-13)23-20(27)12-19-21(28)25(16-7-8-16)22-24-17-5-3-4-6-18(17)26(19)22/h3-6,9-11,16,19H,7-8,12H2,1-2H3,(H,23,27). The molecule has 6 heteroatoms. The van der Waals surface area contributed by atoms with Gasteiger partial charge in [-0.25, -0.2) is 4.98 Å². The van der Waals surface area contributed by atoms with E-state index in [2.05, 4.69) is 16.4 Å². The minimum absolute atomic E-state index is 0.0219. The second kappa shape index (κ2) is 6.19. The fraction of sp³-hybridized carbons (Fsp3) is 0.318. The average molecular weight is 374 g/mol. The van der Waals surface area contributed by atoms with Gasteiger partial charge in [0.2, 0.25) is 11.9 Å². The number of anilines is 2. The van der Waals surface area contributed by atoms with E-state index in [0.29, 0.717) is 5.95 Å². The van der Waals surface area contributed by atoms with Crippen LogP contribution in [-0.2, 0) is 9.59 Å². The van der Waals surface area contributed by atoms with Crippen molar-refractivity contribution in [2.75, 3.05) is 10.2 Å². The van der Waals surface area contributed by atoms with Crippen LogP contribution in [0.4, 0.5) is 11.6 Å². The maximum absolute atomic E-state index is 13.1. The van der Waals surface area contributed by atoms with Gasteiger partial charge >= 0.3 is 0 Å². The van der Waals surface area contributed by atoms with Gasteiger partial charge in [-0.2, -0.15) is 0 Å². The zero-order chi connectivity index (χ0) is 19.4. The first-order valence-electron chi connectivity index (χ1n) is 9.69. The molecule has 2 heterocycles. The number of carbonyl (C=O) groups excluding carboxylic acids is 2. The van der Waals surface area contributed by atoms with Gasteiger partial charge in [0, 0.05) is 11.7 Å². The Hall–Kier alpha value is -3.15. The number of benzene rings is 2. The second-order valence-corrected chi connectivity index (χ2v) is 7.85. The van der Waals surface area contributed by atoms with Gasteiger partial charge in [0.05, 0.1) is 17.5 Å². The predicted molar refractivity (Wildman–Crippen MR) is 108 cm³/mol. The molecule has 1 aliphatic carbocycles. The highest BCUT2D eigenvalue weighted by Gasteiger charge is 2.47. The molecule has 2 aromatic carbocycles. The average Bonchev–Trinajstić information content (AvgIpc) is 3.33. The fourth-order valence-corrected chi connectivity index (χ4v) is 4.17. The van der Waals surface area contributed by atoms with Crippen molar-refractivity contribution in [2.24, 2.45) is 0 Å². The van der Waals surface area contributed by atoms with Gasteiger partial charge in [-0.3, -0.25) is 19.1 Å². The van der Waals surface area contributed by atoms with E-state index < -0.39 is 6.04 Å². The molecule has 1 N–H and O–H groups in total. The summed E-state index contributed by atoms with van der Waals surface area (Å²) in [7, 11) is 0. The number of aromatic nitrogens is 2. The highest BCUT2D eigenvalue weighted by Crippen LogP contribution is 2.42. The molecule has 2 aliphatic rings. The van der Waals surface area contributed by atoms with Crippen LogP contribution < -0.4 is 10.2 Å². The van der Waals surface area contributed by atoms with Crippen molar-refractivity contribution < 1.29 is 9.59 Å². The van der Waals surface area contributed by atoms with Crippen molar-refractivity contribution in [3.8, 4) is 0 Å². The molecule has 1 aromatic heterocycles. The van der Waals surface area contributed by atoms with Crippen molar-refractivity contribution in [3.63, 3.8) is 0 Å². The second-order valence-electron chi connectivity index (χ2n) is 7.85. The summed E-state index contributed by atoms with van der Waals surface area (Å²) in [5.41, 5.74) is 4.71. The highest BCUT2D eigenvalue weighted by molar-refractivity contribution is 6.05. The van der Waals surface area contributed by atoms with E-state index in [1.54, 1.807) is 4.90 Å². The van der Waals surface area contributed by atoms with Gasteiger partial charge in [0.1, 0.15) is 6.04 Å². The molecule has 1 aliphatic heterocycles. The van der Waals surface area contributed by atoms with E-state index in [0.717, 1.165) is 40.7 Å². The van der Waals surface area contributed by atoms with E-state index in [-0.39, 0.29) is 24.3 Å². The fourth-order valence-electron chi connectivity index (χ4n) is 4.17. The topological polar surface area (TPSA) is 67.2 Å². The molecule has 1 unspecified atom stereocenters. The Morgan fingerprint density at radius 3 is 2.57 bits per heavy atom. The predicted octanol–water partition coefficient (Wildman–Crippen LogP) is 3.73. The maximum Gasteiger partial charge on any atom is 0.253 e. The zero-order valence-corrected chi connectivity index (χ0v) is 16.0. The molecule has 6 nitrogen and oxygen atoms in total. The number of para-hydroxylation sites is 2. The van der Waals surface area contributed by atoms with Crippen molar-refractivity contribution in [1.82, 2.24) is 9.55 Å². The lowest BCUT2D eigenvalue weighted by Crippen LogP contribution is -2.33. The molecule has 3 aromatic rings. The van der Waals surface area contributed by atoms with Gasteiger partial charge in [-0.05, 0) is 62.1 Å². The number of nitrogens with one attached hydrogen (secondary N) is 1. The first-order valence-corrected chi connectivity index (χ1v) is 9.69. The summed E-state index contributed by atoms with van der Waals surface area (Å²) in [5.74, 6) is 0.494. The van der Waals surface area contributed by atoms with E-state index in [1.807, 2.05) is 54.8 Å². The Labute approximate surface area is 163 Å². The third-order valence-corrected chi connectivity index (χ3v) is 5.42. The zero-order valence-electron chi connectivity index (χ0n) is 16.0. The number of carbonyl (C=O) groups is 2. The van der Waals surface area contributed by atoms with Crippen LogP contribution >= 0.6 is 0 Å². The summed E-state index contributed by atoms with van der Waals surface area (Å²) in [4.78, 5) is 32.4. The van der Waals surface area contributed by atoms with Crippen LogP contribution in [0.2, 0.25) is 0 Å². The summed E-state index contributed by atoms with van der Waals surface area (Å²) in [6.07, 6.45) is 2.09. The Morgan fingerprint density at radius 2 is 1.86 bits per heavy atom. The first-order chi connectivity index (χ1) is 13.5. The van der Waals surface area contributed by atoms with Gasteiger partial charge < -0.3 is 5.32 Å². The summed E-state index contributed by atoms with van der Waals surface area (Å²) in [6, 6.07) is 13.4. The Morgan fingerprint density at radius 1 is 1.14 bits per heavy atom. The molecule has 0 spiro atoms. The molecular formula is C22H22N4O2. The molecule has 0 radical (unpaired) electrons. The Bertz CT molecular complexity index is 1090. The molecule has 1 atom stereocenters. The van der Waals surface area contributed by atoms with Crippen molar-refractivity contribution in [2.45, 2.75) is 45.2 Å². The van der Waals surface area contributed by atoms with Crippen LogP contribution in [0.3, 0.4) is 0 Å². The number of imidazole rings is 1. The number of hydrogen-bond donors (Lipinski definition) is 1. The van der Waals surface area contributed by atoms with Crippen molar-refractivity contribution in [3.05, 3.63) is 53.6 Å². The number of nitrogens with zero attached hydrogens (tertiary/aromatic N) is 3. The quantitative estimate of drug-likeness (QED) is 0.757. The Kier molecular flexibility index (Phi) is 3.75. The summed E-state index contributed by atoms with van der Waals surface area (Å²) in [6.45, 7) is 4.00. The molecule has 0 saturated heterocycles. The normalized spacial score (nSPS) is 18.6. The van der Waals surface area contributed by atoms with Gasteiger partial charge in [0.25, 0.3) is 5.91 Å². The number of aryl methyl sites for hydroxylation is 2. The molecule has 2 amide bonds. The monoisotopic (exact) mass is 374 g/mol. The van der Waals surface area contributed by atoms with Crippen LogP contribution in [0.25, 0.3) is 11.0 Å². The molecule has 1 saturated carbocycles. The first kappa shape index (κ1) is 17.0. The third-order valence-electron chi connectivity index (χ3n) is 5.42. The van der Waals surface area contributed by atoms with Crippen molar-refractivity contribution in [1.29, 1.82) is 0 Å². The maximum atomic E-state index is 13.1. The molecule has 28 heavy (non-hydrogen) atoms. The van der Waals surface area contributed by atoms with Crippen molar-refractivity contribution >= 4 is 34.5 Å². The van der Waals surface area contributed by atoms with E-state index in [9.17, 15) is 9.59 Å². The molecule has 142 valence electrons. The van der Waals surface area contributed by atoms with Crippen LogP contribution in [0.1, 0.15) is 36.4 Å². The van der Waals surface area contributed by atoms with Gasteiger partial charge in [-0.1, -0.05) is 18.2 Å². The minimum atomic E-state index is -0.547. The largest absolute Gasteiger partial charge is 0.326 e. The molecular weight excluding hydrogens is 352 g/mol. The number of rotatable bonds is 4. The minimum Gasteiger partial charge on any atom is -0.326 e. The highest BCUT2D eigenvalue weighted by atomic mass is 16.2. The van der Waals surface area contributed by atoms with Crippen LogP contribution in [0.5, 0.6) is 0 Å². The Balaban J connectivity index is 1.46. The number of amides is 2. The van der Waals surface area contributed by atoms with E-state index >= 15 is 0 Å². The SMILES string of the molecule is Cc1cc(C)cc(NC(=O)CC2C(=O)N(C3CC3)c3nc4ccccc4n32)c1. The summed E-state index contributed by atoms with van der Waals surface area (Å²) < 4.78 is 1.94. The van der Waals surface area contributed by atoms with E-state index in [4.69, 9.17) is 0 Å². The molecule has 5 rings (SSSR count). The summed E-state index contributed by atoms with van der Waals surface area (Å²) >= 11 is 0. The van der Waals surface area contributed by atoms with Crippen LogP contribution in [-0.4, -0.2) is 27.4 Å².